The second-order valence-corrected chi connectivity index (χ2v) is 12.5. The van der Waals surface area contributed by atoms with Crippen LogP contribution in [0.4, 0.5) is 51.3 Å². The number of amides is 3. The summed E-state index contributed by atoms with van der Waals surface area (Å²) in [5.74, 6) is -2.85. The first-order chi connectivity index (χ1) is 25.5. The van der Waals surface area contributed by atoms with Crippen LogP contribution in [0.5, 0.6) is 5.75 Å². The number of anilines is 2. The highest BCUT2D eigenvalue weighted by molar-refractivity contribution is 8.15. The van der Waals surface area contributed by atoms with Crippen LogP contribution in [0.15, 0.2) is 90.2 Å². The summed E-state index contributed by atoms with van der Waals surface area (Å²) < 4.78 is 117. The van der Waals surface area contributed by atoms with E-state index < -0.39 is 54.0 Å². The highest BCUT2D eigenvalue weighted by Gasteiger charge is 2.35. The Kier molecular flexibility index (Phi) is 10.7. The minimum absolute atomic E-state index is 0.0491. The Balaban J connectivity index is 1.14. The molecule has 0 saturated carbocycles. The largest absolute Gasteiger partial charge is 0.573 e. The summed E-state index contributed by atoms with van der Waals surface area (Å²) in [5, 5.41) is 6.49. The molecule has 6 rings (SSSR count). The lowest BCUT2D eigenvalue weighted by Gasteiger charge is -2.21. The fraction of sp³-hybridized carbons (Fsp3) is 0.171. The van der Waals surface area contributed by atoms with Gasteiger partial charge >= 0.3 is 18.6 Å². The molecule has 5 aromatic rings. The Morgan fingerprint density at radius 2 is 1.65 bits per heavy atom. The average molecular weight is 777 g/mol. The number of carbonyl (C=O) groups is 2. The quantitative estimate of drug-likeness (QED) is 0.149. The maximum absolute atomic E-state index is 15.2. The van der Waals surface area contributed by atoms with E-state index in [9.17, 15) is 40.3 Å². The highest BCUT2D eigenvalue weighted by Crippen LogP contribution is 2.35. The predicted octanol–water partition coefficient (Wildman–Crippen LogP) is 8.82. The summed E-state index contributed by atoms with van der Waals surface area (Å²) in [6.07, 6.45) is -8.39. The van der Waals surface area contributed by atoms with Gasteiger partial charge in [-0.15, -0.1) is 18.3 Å². The fourth-order valence-corrected chi connectivity index (χ4v) is 6.06. The van der Waals surface area contributed by atoms with Crippen molar-refractivity contribution in [1.82, 2.24) is 14.8 Å². The van der Waals surface area contributed by atoms with Gasteiger partial charge in [-0.05, 0) is 78.7 Å². The molecule has 1 aromatic heterocycles. The molecule has 3 amide bonds. The molecule has 0 aliphatic carbocycles. The van der Waals surface area contributed by atoms with Crippen molar-refractivity contribution in [2.24, 2.45) is 4.99 Å². The molecule has 280 valence electrons. The SMILES string of the molecule is Cc1ccc(COCc2ccc(F)cc2C(F)(F)F)c(N2C(=O)CS/C2=N\C(=O)Nc2ccc(-c3ncn(-c4ccc(OC(F)(F)F)cc4)n3)cc2F)c1. The Bertz CT molecular complexity index is 2240. The third-order valence-electron chi connectivity index (χ3n) is 7.63. The van der Waals surface area contributed by atoms with Crippen LogP contribution < -0.4 is 15.0 Å². The molecule has 0 atom stereocenters. The zero-order valence-corrected chi connectivity index (χ0v) is 28.3. The van der Waals surface area contributed by atoms with Crippen LogP contribution in [0, 0.1) is 18.6 Å². The number of urea groups is 1. The van der Waals surface area contributed by atoms with E-state index in [1.807, 2.05) is 0 Å². The first-order valence-electron chi connectivity index (χ1n) is 15.5. The normalized spacial score (nSPS) is 14.2. The van der Waals surface area contributed by atoms with Gasteiger partial charge in [0.2, 0.25) is 5.91 Å². The lowest BCUT2D eigenvalue weighted by Crippen LogP contribution is -2.31. The zero-order chi connectivity index (χ0) is 38.8. The van der Waals surface area contributed by atoms with Gasteiger partial charge in [-0.1, -0.05) is 30.0 Å². The van der Waals surface area contributed by atoms with Gasteiger partial charge in [-0.2, -0.15) is 18.2 Å². The number of rotatable bonds is 9. The third kappa shape index (κ3) is 9.03. The van der Waals surface area contributed by atoms with Crippen LogP contribution in [0.25, 0.3) is 17.1 Å². The van der Waals surface area contributed by atoms with Crippen molar-refractivity contribution < 1.29 is 54.2 Å². The summed E-state index contributed by atoms with van der Waals surface area (Å²) in [4.78, 5) is 35.3. The van der Waals surface area contributed by atoms with Crippen LogP contribution >= 0.6 is 11.8 Å². The van der Waals surface area contributed by atoms with E-state index in [0.717, 1.165) is 47.0 Å². The monoisotopic (exact) mass is 776 g/mol. The predicted molar refractivity (Wildman–Crippen MR) is 181 cm³/mol. The molecule has 0 unspecified atom stereocenters. The van der Waals surface area contributed by atoms with Crippen molar-refractivity contribution in [3.8, 4) is 22.8 Å². The number of hydrogen-bond acceptors (Lipinski definition) is 7. The number of hydrogen-bond donors (Lipinski definition) is 1. The van der Waals surface area contributed by atoms with E-state index >= 15 is 4.39 Å². The molecule has 1 N–H and O–H groups in total. The topological polar surface area (TPSA) is 111 Å². The van der Waals surface area contributed by atoms with Crippen molar-refractivity contribution in [3.05, 3.63) is 119 Å². The molecule has 0 bridgehead atoms. The van der Waals surface area contributed by atoms with Gasteiger partial charge in [-0.25, -0.2) is 23.2 Å². The van der Waals surface area contributed by atoms with Gasteiger partial charge in [0, 0.05) is 11.1 Å². The van der Waals surface area contributed by atoms with Gasteiger partial charge in [-0.3, -0.25) is 9.69 Å². The minimum Gasteiger partial charge on any atom is -0.406 e. The number of amidine groups is 1. The number of aromatic nitrogens is 3. The number of alkyl halides is 6. The first kappa shape index (κ1) is 37.9. The Morgan fingerprint density at radius 3 is 2.35 bits per heavy atom. The Morgan fingerprint density at radius 1 is 0.926 bits per heavy atom. The van der Waals surface area contributed by atoms with Crippen LogP contribution in [0.2, 0.25) is 0 Å². The summed E-state index contributed by atoms with van der Waals surface area (Å²) in [6.45, 7) is 0.959. The van der Waals surface area contributed by atoms with Gasteiger partial charge < -0.3 is 14.8 Å². The summed E-state index contributed by atoms with van der Waals surface area (Å²) >= 11 is 0.936. The molecule has 19 heteroatoms. The zero-order valence-electron chi connectivity index (χ0n) is 27.5. The van der Waals surface area contributed by atoms with Gasteiger partial charge in [0.1, 0.15) is 23.7 Å². The average Bonchev–Trinajstić information content (AvgIpc) is 3.73. The van der Waals surface area contributed by atoms with E-state index in [4.69, 9.17) is 4.74 Å². The molecule has 0 spiro atoms. The minimum atomic E-state index is -4.85. The number of aryl methyl sites for hydroxylation is 1. The number of nitrogens with zero attached hydrogens (tertiary/aromatic N) is 5. The van der Waals surface area contributed by atoms with E-state index in [2.05, 4.69) is 25.1 Å². The van der Waals surface area contributed by atoms with Crippen molar-refractivity contribution in [2.45, 2.75) is 32.7 Å². The maximum Gasteiger partial charge on any atom is 0.573 e. The smallest absolute Gasteiger partial charge is 0.406 e. The number of nitrogens with one attached hydrogen (secondary N) is 1. The first-order valence-corrected chi connectivity index (χ1v) is 16.5. The lowest BCUT2D eigenvalue weighted by molar-refractivity contribution is -0.274. The summed E-state index contributed by atoms with van der Waals surface area (Å²) in [7, 11) is 0. The van der Waals surface area contributed by atoms with Crippen molar-refractivity contribution in [1.29, 1.82) is 0 Å². The molecule has 4 aromatic carbocycles. The number of halogens is 8. The maximum atomic E-state index is 15.2. The Labute approximate surface area is 304 Å². The molecule has 1 fully saturated rings. The van der Waals surface area contributed by atoms with Crippen molar-refractivity contribution in [3.63, 3.8) is 0 Å². The molecular weight excluding hydrogens is 752 g/mol. The van der Waals surface area contributed by atoms with E-state index in [1.165, 1.54) is 35.3 Å². The molecule has 1 aliphatic rings. The van der Waals surface area contributed by atoms with Crippen LogP contribution in [0.1, 0.15) is 22.3 Å². The van der Waals surface area contributed by atoms with Crippen LogP contribution in [-0.2, 0) is 28.9 Å². The van der Waals surface area contributed by atoms with Crippen molar-refractivity contribution >= 4 is 40.2 Å². The number of thioether (sulfide) groups is 1. The molecule has 2 heterocycles. The molecule has 1 saturated heterocycles. The van der Waals surface area contributed by atoms with Crippen LogP contribution in [-0.4, -0.2) is 44.0 Å². The van der Waals surface area contributed by atoms with Crippen LogP contribution in [0.3, 0.4) is 0 Å². The number of ether oxygens (including phenoxy) is 2. The van der Waals surface area contributed by atoms with Gasteiger partial charge in [0.05, 0.1) is 41.6 Å². The molecule has 0 radical (unpaired) electrons. The van der Waals surface area contributed by atoms with Gasteiger partial charge in [0.25, 0.3) is 0 Å². The summed E-state index contributed by atoms with van der Waals surface area (Å²) in [5.41, 5.74) is 0.167. The molecule has 1 aliphatic heterocycles. The number of benzene rings is 4. The van der Waals surface area contributed by atoms with Crippen molar-refractivity contribution in [2.75, 3.05) is 16.0 Å². The standard InChI is InChI=1S/C35H24F8N6O4S/c1-19-2-3-22(16-52-15-21-4-6-23(36)14-26(21)34(38,39)40)29(12-19)49-30(50)17-54-33(49)46-32(51)45-28-11-5-20(13-27(28)37)31-44-18-48(47-31)24-7-9-25(10-8-24)53-35(41,42)43/h2-14,18H,15-17H2,1H3,(H,45,51)/b46-33-. The number of carbonyl (C=O) groups excluding carboxylic acids is 2. The molecule has 54 heavy (non-hydrogen) atoms. The molecule has 10 nitrogen and oxygen atoms in total. The Hall–Kier alpha value is -5.82. The summed E-state index contributed by atoms with van der Waals surface area (Å²) in [6, 6.07) is 14.6. The molecular formula is C35H24F8N6O4S. The van der Waals surface area contributed by atoms with E-state index in [-0.39, 0.29) is 45.9 Å². The highest BCUT2D eigenvalue weighted by atomic mass is 32.2. The third-order valence-corrected chi connectivity index (χ3v) is 8.56. The van der Waals surface area contributed by atoms with E-state index in [0.29, 0.717) is 22.9 Å². The van der Waals surface area contributed by atoms with E-state index in [1.54, 1.807) is 25.1 Å². The van der Waals surface area contributed by atoms with Gasteiger partial charge in [0.15, 0.2) is 11.0 Å². The second kappa shape index (κ2) is 15.3. The fourth-order valence-electron chi connectivity index (χ4n) is 5.20. The lowest BCUT2D eigenvalue weighted by atomic mass is 10.1. The second-order valence-electron chi connectivity index (χ2n) is 11.5. The number of aliphatic imine (C=N–C) groups is 1.